The summed E-state index contributed by atoms with van der Waals surface area (Å²) in [6, 6.07) is 4.83. The molecule has 0 atom stereocenters. The van der Waals surface area contributed by atoms with Gasteiger partial charge < -0.3 is 24.5 Å². The Balaban J connectivity index is 1.78. The molecule has 9 heteroatoms. The molecule has 0 saturated carbocycles. The predicted octanol–water partition coefficient (Wildman–Crippen LogP) is 1.15. The second-order valence-corrected chi connectivity index (χ2v) is 5.27. The summed E-state index contributed by atoms with van der Waals surface area (Å²) in [6.07, 6.45) is 0.937. The highest BCUT2D eigenvalue weighted by Gasteiger charge is 2.16. The third-order valence-corrected chi connectivity index (χ3v) is 3.45. The molecule has 1 heterocycles. The zero-order chi connectivity index (χ0) is 17.4. The molecular formula is C15H18ClN3O5. The van der Waals surface area contributed by atoms with Crippen LogP contribution in [0, 0.1) is 0 Å². The maximum absolute atomic E-state index is 11.8. The first-order valence-electron chi connectivity index (χ1n) is 7.25. The van der Waals surface area contributed by atoms with Crippen molar-refractivity contribution in [2.45, 2.75) is 0 Å². The van der Waals surface area contributed by atoms with Crippen LogP contribution in [0.2, 0.25) is 5.02 Å². The highest BCUT2D eigenvalue weighted by atomic mass is 35.5. The lowest BCUT2D eigenvalue weighted by Gasteiger charge is -2.26. The van der Waals surface area contributed by atoms with E-state index in [2.05, 4.69) is 10.5 Å². The molecule has 1 aliphatic heterocycles. The van der Waals surface area contributed by atoms with Crippen molar-refractivity contribution in [1.29, 1.82) is 0 Å². The molecule has 1 saturated heterocycles. The quantitative estimate of drug-likeness (QED) is 0.610. The number of carbonyl (C=O) groups excluding carboxylic acids is 2. The van der Waals surface area contributed by atoms with E-state index in [0.717, 1.165) is 6.21 Å². The van der Waals surface area contributed by atoms with Crippen LogP contribution in [0.15, 0.2) is 23.4 Å². The molecule has 0 unspecified atom stereocenters. The Kier molecular flexibility index (Phi) is 6.83. The number of nitrogens with one attached hydrogen (secondary N) is 1. The molecule has 24 heavy (non-hydrogen) atoms. The van der Waals surface area contributed by atoms with E-state index >= 15 is 0 Å². The van der Waals surface area contributed by atoms with Crippen LogP contribution in [0.25, 0.3) is 0 Å². The van der Waals surface area contributed by atoms with Gasteiger partial charge in [-0.25, -0.2) is 0 Å². The van der Waals surface area contributed by atoms with Gasteiger partial charge in [-0.05, 0) is 18.2 Å². The normalized spacial score (nSPS) is 14.5. The van der Waals surface area contributed by atoms with Crippen molar-refractivity contribution >= 4 is 35.3 Å². The summed E-state index contributed by atoms with van der Waals surface area (Å²) in [5, 5.41) is 6.51. The van der Waals surface area contributed by atoms with E-state index < -0.39 is 5.91 Å². The van der Waals surface area contributed by atoms with E-state index in [9.17, 15) is 9.59 Å². The van der Waals surface area contributed by atoms with E-state index in [0.29, 0.717) is 42.8 Å². The third-order valence-electron chi connectivity index (χ3n) is 3.22. The molecule has 2 rings (SSSR count). The highest BCUT2D eigenvalue weighted by molar-refractivity contribution is 6.33. The molecule has 0 aromatic heterocycles. The number of halogens is 1. The first-order chi connectivity index (χ1) is 11.6. The molecule has 1 aromatic rings. The van der Waals surface area contributed by atoms with Gasteiger partial charge in [0.15, 0.2) is 6.61 Å². The fraction of sp³-hybridized carbons (Fsp3) is 0.400. The third kappa shape index (κ3) is 5.39. The number of morpholine rings is 1. The van der Waals surface area contributed by atoms with Gasteiger partial charge >= 0.3 is 0 Å². The number of rotatable bonds is 6. The van der Waals surface area contributed by atoms with Crippen molar-refractivity contribution < 1.29 is 23.9 Å². The fourth-order valence-corrected chi connectivity index (χ4v) is 2.20. The molecule has 1 aliphatic rings. The molecule has 1 aromatic carbocycles. The molecule has 8 nitrogen and oxygen atoms in total. The van der Waals surface area contributed by atoms with Gasteiger partial charge in [0, 0.05) is 18.1 Å². The van der Waals surface area contributed by atoms with Crippen LogP contribution in [-0.4, -0.2) is 62.9 Å². The van der Waals surface area contributed by atoms with Crippen LogP contribution >= 0.6 is 11.6 Å². The summed E-state index contributed by atoms with van der Waals surface area (Å²) in [5.41, 5.74) is 0.408. The Labute approximate surface area is 144 Å². The zero-order valence-electron chi connectivity index (χ0n) is 13.2. The molecule has 2 amide bonds. The number of carbonyl (C=O) groups is 2. The SMILES string of the molecule is COc1ccc(Cl)cc1NC(=O)/C=N\OCC(=O)N1CCOCC1. The second-order valence-electron chi connectivity index (χ2n) is 4.83. The first kappa shape index (κ1) is 18.0. The van der Waals surface area contributed by atoms with Crippen molar-refractivity contribution in [3.8, 4) is 5.75 Å². The Morgan fingerprint density at radius 3 is 2.88 bits per heavy atom. The summed E-state index contributed by atoms with van der Waals surface area (Å²) in [7, 11) is 1.48. The molecule has 0 spiro atoms. The van der Waals surface area contributed by atoms with Crippen LogP contribution in [0.4, 0.5) is 5.69 Å². The van der Waals surface area contributed by atoms with Gasteiger partial charge in [-0.1, -0.05) is 16.8 Å². The Morgan fingerprint density at radius 2 is 2.17 bits per heavy atom. The highest BCUT2D eigenvalue weighted by Crippen LogP contribution is 2.27. The Morgan fingerprint density at radius 1 is 1.42 bits per heavy atom. The van der Waals surface area contributed by atoms with E-state index in [4.69, 9.17) is 25.9 Å². The minimum atomic E-state index is -0.533. The summed E-state index contributed by atoms with van der Waals surface area (Å²) >= 11 is 5.88. The number of amides is 2. The molecule has 0 bridgehead atoms. The minimum Gasteiger partial charge on any atom is -0.495 e. The maximum atomic E-state index is 11.8. The lowest BCUT2D eigenvalue weighted by atomic mass is 10.3. The molecule has 1 fully saturated rings. The van der Waals surface area contributed by atoms with Crippen LogP contribution < -0.4 is 10.1 Å². The monoisotopic (exact) mass is 355 g/mol. The van der Waals surface area contributed by atoms with Crippen molar-refractivity contribution in [3.05, 3.63) is 23.2 Å². The summed E-state index contributed by atoms with van der Waals surface area (Å²) in [5.74, 6) is -0.272. The van der Waals surface area contributed by atoms with Crippen molar-refractivity contribution in [2.75, 3.05) is 45.3 Å². The standard InChI is InChI=1S/C15H18ClN3O5/c1-22-13-3-2-11(16)8-12(13)18-14(20)9-17-24-10-15(21)19-4-6-23-7-5-19/h2-3,8-9H,4-7,10H2,1H3,(H,18,20)/b17-9-. The molecule has 1 N–H and O–H groups in total. The summed E-state index contributed by atoms with van der Waals surface area (Å²) in [4.78, 5) is 30.1. The van der Waals surface area contributed by atoms with E-state index in [1.54, 1.807) is 23.1 Å². The molecule has 0 radical (unpaired) electrons. The number of hydrogen-bond acceptors (Lipinski definition) is 6. The number of hydrogen-bond donors (Lipinski definition) is 1. The smallest absolute Gasteiger partial charge is 0.270 e. The Bertz CT molecular complexity index is 617. The number of nitrogens with zero attached hydrogens (tertiary/aromatic N) is 2. The number of anilines is 1. The number of ether oxygens (including phenoxy) is 2. The summed E-state index contributed by atoms with van der Waals surface area (Å²) in [6.45, 7) is 1.85. The van der Waals surface area contributed by atoms with Crippen LogP contribution in [0.5, 0.6) is 5.75 Å². The van der Waals surface area contributed by atoms with Gasteiger partial charge in [0.2, 0.25) is 0 Å². The van der Waals surface area contributed by atoms with Gasteiger partial charge in [-0.15, -0.1) is 0 Å². The maximum Gasteiger partial charge on any atom is 0.270 e. The van der Waals surface area contributed by atoms with Gasteiger partial charge in [0.1, 0.15) is 12.0 Å². The first-order valence-corrected chi connectivity index (χ1v) is 7.63. The van der Waals surface area contributed by atoms with E-state index in [1.807, 2.05) is 0 Å². The van der Waals surface area contributed by atoms with Gasteiger partial charge in [-0.2, -0.15) is 0 Å². The van der Waals surface area contributed by atoms with Crippen molar-refractivity contribution in [3.63, 3.8) is 0 Å². The zero-order valence-corrected chi connectivity index (χ0v) is 13.9. The van der Waals surface area contributed by atoms with Crippen LogP contribution in [-0.2, 0) is 19.2 Å². The Hall–Kier alpha value is -2.32. The second kappa shape index (κ2) is 9.09. The van der Waals surface area contributed by atoms with Gasteiger partial charge in [0.25, 0.3) is 11.8 Å². The molecule has 0 aliphatic carbocycles. The average Bonchev–Trinajstić information content (AvgIpc) is 2.59. The average molecular weight is 356 g/mol. The summed E-state index contributed by atoms with van der Waals surface area (Å²) < 4.78 is 10.3. The van der Waals surface area contributed by atoms with Gasteiger partial charge in [-0.3, -0.25) is 9.59 Å². The minimum absolute atomic E-state index is 0.202. The lowest BCUT2D eigenvalue weighted by Crippen LogP contribution is -2.42. The predicted molar refractivity (Wildman–Crippen MR) is 88.5 cm³/mol. The van der Waals surface area contributed by atoms with Crippen molar-refractivity contribution in [2.24, 2.45) is 5.16 Å². The van der Waals surface area contributed by atoms with E-state index in [-0.39, 0.29) is 12.5 Å². The topological polar surface area (TPSA) is 89.5 Å². The largest absolute Gasteiger partial charge is 0.495 e. The van der Waals surface area contributed by atoms with Crippen LogP contribution in [0.3, 0.4) is 0 Å². The van der Waals surface area contributed by atoms with Crippen molar-refractivity contribution in [1.82, 2.24) is 4.90 Å². The number of oxime groups is 1. The fourth-order valence-electron chi connectivity index (χ4n) is 2.02. The number of benzene rings is 1. The van der Waals surface area contributed by atoms with Gasteiger partial charge in [0.05, 0.1) is 26.0 Å². The van der Waals surface area contributed by atoms with Crippen LogP contribution in [0.1, 0.15) is 0 Å². The molecule has 130 valence electrons. The molecular weight excluding hydrogens is 338 g/mol. The number of methoxy groups -OCH3 is 1. The van der Waals surface area contributed by atoms with E-state index in [1.165, 1.54) is 7.11 Å². The lowest BCUT2D eigenvalue weighted by molar-refractivity contribution is -0.140.